The number of likely N-dealkylation sites (N-methyl/N-ethyl adjacent to an activating group) is 1. The number of nitrogens with one attached hydrogen (secondary N) is 1. The molecular weight excluding hydrogens is 375 g/mol. The van der Waals surface area contributed by atoms with Crippen molar-refractivity contribution < 1.29 is 0 Å². The maximum atomic E-state index is 5.01. The van der Waals surface area contributed by atoms with Crippen molar-refractivity contribution in [3.63, 3.8) is 0 Å². The SMILES string of the molecule is Cc1cc2c(s1)Nc1ccccc1N=C2N1CCN(C)CC1.ClCCl. The van der Waals surface area contributed by atoms with Crippen LogP contribution in [0.25, 0.3) is 0 Å². The number of hydrogen-bond acceptors (Lipinski definition) is 5. The van der Waals surface area contributed by atoms with Crippen molar-refractivity contribution in [2.24, 2.45) is 4.99 Å². The zero-order chi connectivity index (χ0) is 17.8. The Hall–Kier alpha value is -1.27. The van der Waals surface area contributed by atoms with Crippen LogP contribution in [0.1, 0.15) is 10.4 Å². The number of alkyl halides is 2. The summed E-state index contributed by atoms with van der Waals surface area (Å²) in [6.07, 6.45) is 0. The summed E-state index contributed by atoms with van der Waals surface area (Å²) in [5.41, 5.74) is 3.36. The Morgan fingerprint density at radius 3 is 2.56 bits per heavy atom. The zero-order valence-electron chi connectivity index (χ0n) is 14.4. The van der Waals surface area contributed by atoms with Crippen LogP contribution in [0.15, 0.2) is 35.3 Å². The van der Waals surface area contributed by atoms with Crippen molar-refractivity contribution in [1.82, 2.24) is 9.80 Å². The van der Waals surface area contributed by atoms with Crippen molar-refractivity contribution in [1.29, 1.82) is 0 Å². The highest BCUT2D eigenvalue weighted by Crippen LogP contribution is 2.39. The van der Waals surface area contributed by atoms with Gasteiger partial charge in [-0.05, 0) is 32.2 Å². The minimum absolute atomic E-state index is 0.194. The molecule has 134 valence electrons. The summed E-state index contributed by atoms with van der Waals surface area (Å²) in [7, 11) is 2.18. The van der Waals surface area contributed by atoms with Crippen LogP contribution in [-0.4, -0.2) is 54.2 Å². The molecule has 1 aromatic heterocycles. The number of rotatable bonds is 0. The lowest BCUT2D eigenvalue weighted by atomic mass is 10.2. The topological polar surface area (TPSA) is 30.9 Å². The Bertz CT molecular complexity index is 751. The Morgan fingerprint density at radius 1 is 1.16 bits per heavy atom. The summed E-state index contributed by atoms with van der Waals surface area (Å²) in [6.45, 7) is 6.41. The standard InChI is InChI=1S/C17H20N4S.CH2Cl2/c1-12-11-13-16(21-9-7-20(2)8-10-21)18-14-5-3-4-6-15(14)19-17(13)22-12;2-1-3/h3-6,11,19H,7-10H2,1-2H3;1H2. The van der Waals surface area contributed by atoms with Gasteiger partial charge in [-0.1, -0.05) is 12.1 Å². The van der Waals surface area contributed by atoms with E-state index in [2.05, 4.69) is 59.4 Å². The predicted molar refractivity (Wildman–Crippen MR) is 111 cm³/mol. The molecule has 2 aliphatic rings. The van der Waals surface area contributed by atoms with Crippen LogP contribution in [-0.2, 0) is 0 Å². The number of nitrogens with zero attached hydrogens (tertiary/aromatic N) is 3. The minimum atomic E-state index is 0.194. The van der Waals surface area contributed by atoms with Gasteiger partial charge in [-0.3, -0.25) is 0 Å². The third-order valence-electron chi connectivity index (χ3n) is 4.28. The molecule has 0 spiro atoms. The maximum Gasteiger partial charge on any atom is 0.139 e. The van der Waals surface area contributed by atoms with Gasteiger partial charge in [0.05, 0.1) is 22.3 Å². The molecule has 0 saturated carbocycles. The van der Waals surface area contributed by atoms with E-state index in [1.807, 2.05) is 0 Å². The molecule has 0 unspecified atom stereocenters. The number of piperazine rings is 1. The smallest absolute Gasteiger partial charge is 0.139 e. The minimum Gasteiger partial charge on any atom is -0.353 e. The number of amidine groups is 1. The zero-order valence-corrected chi connectivity index (χ0v) is 16.8. The number of halogens is 2. The number of fused-ring (bicyclic) bond motifs is 2. The Morgan fingerprint density at radius 2 is 1.84 bits per heavy atom. The first kappa shape index (κ1) is 18.5. The highest BCUT2D eigenvalue weighted by Gasteiger charge is 2.25. The van der Waals surface area contributed by atoms with E-state index in [0.29, 0.717) is 0 Å². The summed E-state index contributed by atoms with van der Waals surface area (Å²) in [4.78, 5) is 11.1. The molecule has 0 amide bonds. The van der Waals surface area contributed by atoms with Crippen LogP contribution in [0.3, 0.4) is 0 Å². The van der Waals surface area contributed by atoms with Gasteiger partial charge in [0.15, 0.2) is 0 Å². The fourth-order valence-corrected chi connectivity index (χ4v) is 3.93. The highest BCUT2D eigenvalue weighted by molar-refractivity contribution is 7.16. The second-order valence-corrected chi connectivity index (χ2v) is 8.13. The van der Waals surface area contributed by atoms with E-state index in [4.69, 9.17) is 28.2 Å². The lowest BCUT2D eigenvalue weighted by Crippen LogP contribution is -2.47. The highest BCUT2D eigenvalue weighted by atomic mass is 35.5. The number of aliphatic imine (C=N–C) groups is 1. The monoisotopic (exact) mass is 396 g/mol. The van der Waals surface area contributed by atoms with Crippen molar-refractivity contribution in [3.8, 4) is 0 Å². The third-order valence-corrected chi connectivity index (χ3v) is 5.24. The summed E-state index contributed by atoms with van der Waals surface area (Å²) >= 11 is 11.3. The Labute approximate surface area is 163 Å². The summed E-state index contributed by atoms with van der Waals surface area (Å²) in [5, 5.41) is 4.97. The largest absolute Gasteiger partial charge is 0.353 e. The van der Waals surface area contributed by atoms with Gasteiger partial charge in [0, 0.05) is 31.1 Å². The van der Waals surface area contributed by atoms with Gasteiger partial charge in [-0.15, -0.1) is 34.5 Å². The van der Waals surface area contributed by atoms with E-state index in [1.165, 1.54) is 15.4 Å². The molecule has 2 aliphatic heterocycles. The van der Waals surface area contributed by atoms with Crippen LogP contribution < -0.4 is 5.32 Å². The van der Waals surface area contributed by atoms with E-state index >= 15 is 0 Å². The van der Waals surface area contributed by atoms with Crippen molar-refractivity contribution in [2.75, 3.05) is 43.9 Å². The number of hydrogen-bond donors (Lipinski definition) is 1. The number of benzene rings is 1. The Kier molecular flexibility index (Phi) is 6.23. The number of aryl methyl sites for hydroxylation is 1. The quantitative estimate of drug-likeness (QED) is 0.644. The molecule has 3 heterocycles. The lowest BCUT2D eigenvalue weighted by Gasteiger charge is -2.34. The molecule has 0 radical (unpaired) electrons. The molecule has 2 aromatic rings. The second-order valence-electron chi connectivity index (χ2n) is 6.07. The van der Waals surface area contributed by atoms with Crippen LogP contribution in [0.4, 0.5) is 16.4 Å². The predicted octanol–water partition coefficient (Wildman–Crippen LogP) is 4.86. The molecule has 4 rings (SSSR count). The average Bonchev–Trinajstić information content (AvgIpc) is 2.88. The summed E-state index contributed by atoms with van der Waals surface area (Å²) in [5.74, 6) is 1.12. The molecule has 0 aliphatic carbocycles. The van der Waals surface area contributed by atoms with Crippen LogP contribution in [0.5, 0.6) is 0 Å². The molecule has 1 N–H and O–H groups in total. The van der Waals surface area contributed by atoms with Gasteiger partial charge < -0.3 is 15.1 Å². The molecule has 4 nitrogen and oxygen atoms in total. The van der Waals surface area contributed by atoms with E-state index < -0.39 is 0 Å². The normalized spacial score (nSPS) is 16.6. The lowest BCUT2D eigenvalue weighted by molar-refractivity contribution is 0.216. The fraction of sp³-hybridized carbons (Fsp3) is 0.389. The van der Waals surface area contributed by atoms with Gasteiger partial charge >= 0.3 is 0 Å². The Balaban J connectivity index is 0.000000569. The van der Waals surface area contributed by atoms with Crippen molar-refractivity contribution >= 4 is 56.8 Å². The molecule has 1 fully saturated rings. The van der Waals surface area contributed by atoms with Gasteiger partial charge in [-0.25, -0.2) is 4.99 Å². The summed E-state index contributed by atoms with van der Waals surface area (Å²) in [6, 6.07) is 10.6. The van der Waals surface area contributed by atoms with Gasteiger partial charge in [0.25, 0.3) is 0 Å². The number of para-hydroxylation sites is 2. The van der Waals surface area contributed by atoms with E-state index in [1.54, 1.807) is 11.3 Å². The maximum absolute atomic E-state index is 5.01. The molecule has 25 heavy (non-hydrogen) atoms. The van der Waals surface area contributed by atoms with Gasteiger partial charge in [0.2, 0.25) is 0 Å². The van der Waals surface area contributed by atoms with Crippen molar-refractivity contribution in [2.45, 2.75) is 6.92 Å². The van der Waals surface area contributed by atoms with E-state index in [9.17, 15) is 0 Å². The van der Waals surface area contributed by atoms with Crippen molar-refractivity contribution in [3.05, 3.63) is 40.8 Å². The van der Waals surface area contributed by atoms with Crippen LogP contribution in [0.2, 0.25) is 0 Å². The first-order chi connectivity index (χ1) is 12.1. The molecule has 0 atom stereocenters. The van der Waals surface area contributed by atoms with Crippen LogP contribution >= 0.6 is 34.5 Å². The first-order valence-electron chi connectivity index (χ1n) is 8.23. The third kappa shape index (κ3) is 4.29. The number of thiophene rings is 1. The number of anilines is 2. The second kappa shape index (κ2) is 8.41. The molecule has 7 heteroatoms. The average molecular weight is 397 g/mol. The first-order valence-corrected chi connectivity index (χ1v) is 10.1. The summed E-state index contributed by atoms with van der Waals surface area (Å²) < 4.78 is 0. The van der Waals surface area contributed by atoms with Gasteiger partial charge in [0.1, 0.15) is 10.8 Å². The molecular formula is C18H22Cl2N4S. The van der Waals surface area contributed by atoms with E-state index in [0.717, 1.165) is 43.4 Å². The molecule has 0 bridgehead atoms. The van der Waals surface area contributed by atoms with Crippen LogP contribution in [0, 0.1) is 6.92 Å². The van der Waals surface area contributed by atoms with E-state index in [-0.39, 0.29) is 5.34 Å². The molecule has 1 aromatic carbocycles. The fourth-order valence-electron chi connectivity index (χ4n) is 3.01. The molecule has 1 saturated heterocycles. The van der Waals surface area contributed by atoms with Gasteiger partial charge in [-0.2, -0.15) is 0 Å².